The first-order valence-electron chi connectivity index (χ1n) is 4.63. The molecule has 4 heteroatoms. The van der Waals surface area contributed by atoms with Crippen LogP contribution in [0.3, 0.4) is 0 Å². The molecule has 3 N–H and O–H groups in total. The van der Waals surface area contributed by atoms with Crippen LogP contribution in [0.4, 0.5) is 0 Å². The highest BCUT2D eigenvalue weighted by Gasteiger charge is 2.12. The van der Waals surface area contributed by atoms with Gasteiger partial charge in [0.15, 0.2) is 0 Å². The summed E-state index contributed by atoms with van der Waals surface area (Å²) in [7, 11) is 2.10. The van der Waals surface area contributed by atoms with E-state index in [0.29, 0.717) is 18.3 Å². The number of nitrogens with one attached hydrogen (secondary N) is 1. The minimum Gasteiger partial charge on any atom is -0.388 e. The fourth-order valence-corrected chi connectivity index (χ4v) is 1.75. The van der Waals surface area contributed by atoms with Crippen molar-refractivity contribution in [2.24, 2.45) is 5.73 Å². The van der Waals surface area contributed by atoms with Gasteiger partial charge in [-0.05, 0) is 19.7 Å². The topological polar surface area (TPSA) is 53.1 Å². The van der Waals surface area contributed by atoms with Gasteiger partial charge in [-0.15, -0.1) is 0 Å². The van der Waals surface area contributed by atoms with Crippen molar-refractivity contribution in [3.8, 4) is 0 Å². The summed E-state index contributed by atoms with van der Waals surface area (Å²) in [5.41, 5.74) is 5.39. The van der Waals surface area contributed by atoms with Gasteiger partial charge in [-0.25, -0.2) is 0 Å². The molecule has 0 aromatic rings. The molecule has 0 fully saturated rings. The van der Waals surface area contributed by atoms with Crippen LogP contribution in [-0.4, -0.2) is 42.4 Å². The molecule has 0 spiro atoms. The third-order valence-electron chi connectivity index (χ3n) is 2.20. The molecular formula is C9H21N3S. The summed E-state index contributed by atoms with van der Waals surface area (Å²) in [6, 6.07) is 0.435. The quantitative estimate of drug-likeness (QED) is 0.485. The minimum atomic E-state index is 0.294. The smallest absolute Gasteiger partial charge is 0.0921 e. The summed E-state index contributed by atoms with van der Waals surface area (Å²) in [6.45, 7) is 3.22. The Balaban J connectivity index is 3.84. The lowest BCUT2D eigenvalue weighted by Gasteiger charge is -2.26. The van der Waals surface area contributed by atoms with Crippen molar-refractivity contribution in [1.29, 1.82) is 5.41 Å². The summed E-state index contributed by atoms with van der Waals surface area (Å²) >= 11 is 1.85. The first kappa shape index (κ1) is 12.8. The van der Waals surface area contributed by atoms with Crippen molar-refractivity contribution in [2.75, 3.05) is 25.6 Å². The first-order valence-corrected chi connectivity index (χ1v) is 6.03. The largest absolute Gasteiger partial charge is 0.388 e. The monoisotopic (exact) mass is 203 g/mol. The average molecular weight is 203 g/mol. The van der Waals surface area contributed by atoms with Crippen LogP contribution in [0.25, 0.3) is 0 Å². The second kappa shape index (κ2) is 7.21. The molecule has 1 unspecified atom stereocenters. The van der Waals surface area contributed by atoms with Crippen LogP contribution in [0.15, 0.2) is 0 Å². The molecule has 0 saturated heterocycles. The molecule has 0 saturated carbocycles. The van der Waals surface area contributed by atoms with Crippen molar-refractivity contribution < 1.29 is 0 Å². The molecule has 0 bridgehead atoms. The van der Waals surface area contributed by atoms with Gasteiger partial charge in [0.05, 0.1) is 5.84 Å². The standard InChI is InChI=1S/C9H21N3S/c1-4-8(7-9(10)11)12(2)5-6-13-3/h8H,4-7H2,1-3H3,(H3,10,11). The Hall–Kier alpha value is -0.220. The Kier molecular flexibility index (Phi) is 7.09. The van der Waals surface area contributed by atoms with Crippen molar-refractivity contribution in [3.63, 3.8) is 0 Å². The number of hydrogen-bond acceptors (Lipinski definition) is 3. The molecule has 0 aromatic carbocycles. The molecule has 0 aliphatic carbocycles. The lowest BCUT2D eigenvalue weighted by atomic mass is 10.1. The second-order valence-electron chi connectivity index (χ2n) is 3.26. The molecule has 1 atom stereocenters. The fourth-order valence-electron chi connectivity index (χ4n) is 1.28. The Labute approximate surface area is 85.6 Å². The van der Waals surface area contributed by atoms with Gasteiger partial charge in [0.25, 0.3) is 0 Å². The van der Waals surface area contributed by atoms with Gasteiger partial charge in [0.1, 0.15) is 0 Å². The maximum Gasteiger partial charge on any atom is 0.0921 e. The molecule has 3 nitrogen and oxygen atoms in total. The van der Waals surface area contributed by atoms with Crippen molar-refractivity contribution in [3.05, 3.63) is 0 Å². The Bertz CT molecular complexity index is 150. The molecule has 0 aromatic heterocycles. The maximum atomic E-state index is 7.24. The van der Waals surface area contributed by atoms with E-state index in [-0.39, 0.29) is 0 Å². The zero-order chi connectivity index (χ0) is 10.3. The lowest BCUT2D eigenvalue weighted by Crippen LogP contribution is -2.36. The van der Waals surface area contributed by atoms with Gasteiger partial charge in [-0.3, -0.25) is 5.41 Å². The highest BCUT2D eigenvalue weighted by molar-refractivity contribution is 7.98. The van der Waals surface area contributed by atoms with Crippen LogP contribution in [0.1, 0.15) is 19.8 Å². The summed E-state index contributed by atoms with van der Waals surface area (Å²) in [6.07, 6.45) is 3.87. The number of amidine groups is 1. The predicted molar refractivity (Wildman–Crippen MR) is 61.6 cm³/mol. The molecule has 13 heavy (non-hydrogen) atoms. The van der Waals surface area contributed by atoms with E-state index in [0.717, 1.165) is 18.7 Å². The number of rotatable bonds is 7. The van der Waals surface area contributed by atoms with E-state index in [2.05, 4.69) is 25.1 Å². The average Bonchev–Trinajstić information content (AvgIpc) is 2.09. The second-order valence-corrected chi connectivity index (χ2v) is 4.25. The lowest BCUT2D eigenvalue weighted by molar-refractivity contribution is 0.255. The van der Waals surface area contributed by atoms with Crippen LogP contribution in [0.5, 0.6) is 0 Å². The number of nitrogens with two attached hydrogens (primary N) is 1. The summed E-state index contributed by atoms with van der Waals surface area (Å²) in [4.78, 5) is 2.29. The van der Waals surface area contributed by atoms with Crippen LogP contribution < -0.4 is 5.73 Å². The van der Waals surface area contributed by atoms with Crippen molar-refractivity contribution >= 4 is 17.6 Å². The molecule has 0 amide bonds. The Morgan fingerprint density at radius 1 is 1.62 bits per heavy atom. The first-order chi connectivity index (χ1) is 6.11. The maximum absolute atomic E-state index is 7.24. The Morgan fingerprint density at radius 2 is 2.23 bits per heavy atom. The van der Waals surface area contributed by atoms with Crippen LogP contribution in [0, 0.1) is 5.41 Å². The molecule has 78 valence electrons. The predicted octanol–water partition coefficient (Wildman–Crippen LogP) is 1.39. The summed E-state index contributed by atoms with van der Waals surface area (Å²) < 4.78 is 0. The van der Waals surface area contributed by atoms with Crippen molar-refractivity contribution in [1.82, 2.24) is 4.90 Å². The van der Waals surface area contributed by atoms with E-state index < -0.39 is 0 Å². The summed E-state index contributed by atoms with van der Waals surface area (Å²) in [5.74, 6) is 1.44. The third kappa shape index (κ3) is 5.93. The van der Waals surface area contributed by atoms with E-state index in [4.69, 9.17) is 11.1 Å². The SMILES string of the molecule is CCC(CC(=N)N)N(C)CCSC. The molecule has 0 aliphatic rings. The fraction of sp³-hybridized carbons (Fsp3) is 0.889. The summed E-state index contributed by atoms with van der Waals surface area (Å²) in [5, 5.41) is 7.24. The molecule has 0 rings (SSSR count). The van der Waals surface area contributed by atoms with Crippen LogP contribution >= 0.6 is 11.8 Å². The van der Waals surface area contributed by atoms with Gasteiger partial charge in [-0.2, -0.15) is 11.8 Å². The van der Waals surface area contributed by atoms with Gasteiger partial charge in [-0.1, -0.05) is 6.92 Å². The van der Waals surface area contributed by atoms with Crippen LogP contribution in [0.2, 0.25) is 0 Å². The molecular weight excluding hydrogens is 182 g/mol. The Morgan fingerprint density at radius 3 is 2.62 bits per heavy atom. The van der Waals surface area contributed by atoms with E-state index in [9.17, 15) is 0 Å². The third-order valence-corrected chi connectivity index (χ3v) is 2.79. The van der Waals surface area contributed by atoms with Gasteiger partial charge >= 0.3 is 0 Å². The highest BCUT2D eigenvalue weighted by atomic mass is 32.2. The number of thioether (sulfide) groups is 1. The highest BCUT2D eigenvalue weighted by Crippen LogP contribution is 2.07. The number of hydrogen-bond donors (Lipinski definition) is 2. The normalized spacial score (nSPS) is 13.2. The zero-order valence-electron chi connectivity index (χ0n) is 8.84. The van der Waals surface area contributed by atoms with E-state index in [1.165, 1.54) is 0 Å². The number of nitrogens with zero attached hydrogens (tertiary/aromatic N) is 1. The van der Waals surface area contributed by atoms with E-state index >= 15 is 0 Å². The van der Waals surface area contributed by atoms with E-state index in [1.54, 1.807) is 0 Å². The molecule has 0 aliphatic heterocycles. The van der Waals surface area contributed by atoms with Crippen LogP contribution in [-0.2, 0) is 0 Å². The van der Waals surface area contributed by atoms with Crippen molar-refractivity contribution in [2.45, 2.75) is 25.8 Å². The van der Waals surface area contributed by atoms with E-state index in [1.807, 2.05) is 11.8 Å². The molecule has 0 heterocycles. The van der Waals surface area contributed by atoms with Gasteiger partial charge in [0, 0.05) is 24.8 Å². The van der Waals surface area contributed by atoms with Gasteiger partial charge in [0.2, 0.25) is 0 Å². The zero-order valence-corrected chi connectivity index (χ0v) is 9.66. The molecule has 0 radical (unpaired) electrons. The minimum absolute atomic E-state index is 0.294. The van der Waals surface area contributed by atoms with Gasteiger partial charge < -0.3 is 10.6 Å².